The Bertz CT molecular complexity index is 1050. The van der Waals surface area contributed by atoms with Gasteiger partial charge in [0.05, 0.1) is 5.69 Å². The molecule has 0 fully saturated rings. The van der Waals surface area contributed by atoms with Crippen molar-refractivity contribution in [1.82, 2.24) is 10.2 Å². The summed E-state index contributed by atoms with van der Waals surface area (Å²) in [5.74, 6) is 0.768. The topological polar surface area (TPSA) is 82.8 Å². The van der Waals surface area contributed by atoms with Crippen molar-refractivity contribution in [2.24, 2.45) is 10.2 Å². The number of nitrogens with zero attached hydrogens (tertiary/aromatic N) is 5. The Morgan fingerprint density at radius 1 is 1.16 bits per heavy atom. The van der Waals surface area contributed by atoms with Crippen LogP contribution in [0.2, 0.25) is 0 Å². The summed E-state index contributed by atoms with van der Waals surface area (Å²) in [6.45, 7) is 8.71. The number of rotatable bonds is 10. The van der Waals surface area contributed by atoms with E-state index in [9.17, 15) is 4.79 Å². The highest BCUT2D eigenvalue weighted by atomic mass is 32.2. The lowest BCUT2D eigenvalue weighted by Crippen LogP contribution is -2.32. The van der Waals surface area contributed by atoms with Crippen molar-refractivity contribution in [1.29, 1.82) is 0 Å². The average molecular weight is 469 g/mol. The van der Waals surface area contributed by atoms with Crippen molar-refractivity contribution in [3.8, 4) is 0 Å². The Labute approximate surface area is 197 Å². The zero-order chi connectivity index (χ0) is 22.9. The third-order valence-electron chi connectivity index (χ3n) is 4.85. The van der Waals surface area contributed by atoms with Crippen LogP contribution < -0.4 is 10.2 Å². The first-order chi connectivity index (χ1) is 15.5. The lowest BCUT2D eigenvalue weighted by atomic mass is 10.1. The van der Waals surface area contributed by atoms with E-state index in [2.05, 4.69) is 63.5 Å². The van der Waals surface area contributed by atoms with Crippen molar-refractivity contribution in [3.63, 3.8) is 0 Å². The van der Waals surface area contributed by atoms with E-state index in [0.29, 0.717) is 22.5 Å². The van der Waals surface area contributed by atoms with Crippen LogP contribution in [0.3, 0.4) is 0 Å². The Kier molecular flexibility index (Phi) is 8.75. The number of carbonyl (C=O) groups is 1. The van der Waals surface area contributed by atoms with Gasteiger partial charge in [0.2, 0.25) is 5.91 Å². The molecule has 1 heterocycles. The molecule has 2 aromatic carbocycles. The van der Waals surface area contributed by atoms with E-state index >= 15 is 0 Å². The number of amides is 1. The molecule has 0 spiro atoms. The minimum Gasteiger partial charge on any atom is -0.364 e. The van der Waals surface area contributed by atoms with Gasteiger partial charge < -0.3 is 10.2 Å². The number of carbonyl (C=O) groups excluding carboxylic acids is 1. The largest absolute Gasteiger partial charge is 0.364 e. The first-order valence-corrected chi connectivity index (χ1v) is 12.4. The van der Waals surface area contributed by atoms with Crippen LogP contribution in [0.25, 0.3) is 0 Å². The average Bonchev–Trinajstić information content (AvgIpc) is 3.24. The number of aromatic nitrogens is 2. The van der Waals surface area contributed by atoms with E-state index in [1.165, 1.54) is 23.8 Å². The Morgan fingerprint density at radius 2 is 1.94 bits per heavy atom. The molecule has 9 heteroatoms. The molecule has 0 saturated heterocycles. The van der Waals surface area contributed by atoms with Crippen LogP contribution in [-0.2, 0) is 11.3 Å². The van der Waals surface area contributed by atoms with E-state index in [4.69, 9.17) is 0 Å². The quantitative estimate of drug-likeness (QED) is 0.260. The van der Waals surface area contributed by atoms with Crippen molar-refractivity contribution in [3.05, 3.63) is 54.1 Å². The van der Waals surface area contributed by atoms with Crippen molar-refractivity contribution < 1.29 is 4.79 Å². The minimum absolute atomic E-state index is 0.158. The van der Waals surface area contributed by atoms with Crippen molar-refractivity contribution in [2.75, 3.05) is 16.0 Å². The molecule has 1 amide bonds. The number of hydrogen-bond donors (Lipinski definition) is 1. The molecular weight excluding hydrogens is 440 g/mol. The zero-order valence-corrected chi connectivity index (χ0v) is 20.4. The summed E-state index contributed by atoms with van der Waals surface area (Å²) in [5, 5.41) is 20.1. The molecule has 7 nitrogen and oxygen atoms in total. The lowest BCUT2D eigenvalue weighted by molar-refractivity contribution is -0.114. The molecule has 1 N–H and O–H groups in total. The van der Waals surface area contributed by atoms with Gasteiger partial charge in [-0.15, -0.1) is 20.4 Å². The van der Waals surface area contributed by atoms with Gasteiger partial charge in [0.1, 0.15) is 5.69 Å². The normalized spacial score (nSPS) is 12.1. The van der Waals surface area contributed by atoms with E-state index in [1.54, 1.807) is 11.8 Å². The third-order valence-corrected chi connectivity index (χ3v) is 6.67. The van der Waals surface area contributed by atoms with Gasteiger partial charge in [-0.2, -0.15) is 0 Å². The second kappa shape index (κ2) is 11.7. The number of benzene rings is 2. The molecule has 3 rings (SSSR count). The Hall–Kier alpha value is -2.78. The lowest BCUT2D eigenvalue weighted by Gasteiger charge is -2.31. The Morgan fingerprint density at radius 3 is 2.62 bits per heavy atom. The molecule has 0 aliphatic heterocycles. The summed E-state index contributed by atoms with van der Waals surface area (Å²) < 4.78 is 0.865. The first-order valence-electron chi connectivity index (χ1n) is 10.6. The molecule has 1 atom stereocenters. The van der Waals surface area contributed by atoms with Crippen LogP contribution in [0.1, 0.15) is 39.7 Å². The SMILES string of the molecule is CCSc1nnc(N=Nc2ccc(N(Cc3ccccc3)C(C)CC)cc2NC(C)=O)s1. The van der Waals surface area contributed by atoms with Gasteiger partial charge in [-0.3, -0.25) is 4.79 Å². The molecule has 0 radical (unpaired) electrons. The fraction of sp³-hybridized carbons (Fsp3) is 0.348. The molecule has 3 aromatic rings. The van der Waals surface area contributed by atoms with Crippen LogP contribution in [-0.4, -0.2) is 27.9 Å². The van der Waals surface area contributed by atoms with Crippen LogP contribution in [0.15, 0.2) is 63.1 Å². The van der Waals surface area contributed by atoms with E-state index in [1.807, 2.05) is 36.4 Å². The van der Waals surface area contributed by atoms with Crippen molar-refractivity contribution in [2.45, 2.75) is 51.0 Å². The highest BCUT2D eigenvalue weighted by Gasteiger charge is 2.16. The predicted molar refractivity (Wildman–Crippen MR) is 134 cm³/mol. The van der Waals surface area contributed by atoms with Gasteiger partial charge in [0, 0.05) is 25.2 Å². The molecule has 168 valence electrons. The summed E-state index contributed by atoms with van der Waals surface area (Å²) in [4.78, 5) is 14.2. The number of azo groups is 1. The minimum atomic E-state index is -0.158. The number of hydrogen-bond acceptors (Lipinski definition) is 8. The molecule has 0 saturated carbocycles. The maximum atomic E-state index is 11.9. The second-order valence-corrected chi connectivity index (χ2v) is 9.70. The summed E-state index contributed by atoms with van der Waals surface area (Å²) in [6, 6.07) is 16.6. The number of anilines is 2. The van der Waals surface area contributed by atoms with Gasteiger partial charge >= 0.3 is 0 Å². The first kappa shape index (κ1) is 23.9. The Balaban J connectivity index is 1.90. The predicted octanol–water partition coefficient (Wildman–Crippen LogP) is 6.83. The second-order valence-electron chi connectivity index (χ2n) is 7.24. The van der Waals surface area contributed by atoms with Crippen LogP contribution in [0, 0.1) is 0 Å². The molecule has 0 aliphatic carbocycles. The van der Waals surface area contributed by atoms with Gasteiger partial charge in [-0.1, -0.05) is 67.3 Å². The third kappa shape index (κ3) is 6.61. The summed E-state index contributed by atoms with van der Waals surface area (Å²) >= 11 is 3.02. The molecular formula is C23H28N6OS2. The van der Waals surface area contributed by atoms with E-state index in [-0.39, 0.29) is 5.91 Å². The van der Waals surface area contributed by atoms with E-state index in [0.717, 1.165) is 28.7 Å². The van der Waals surface area contributed by atoms with E-state index < -0.39 is 0 Å². The maximum Gasteiger partial charge on any atom is 0.252 e. The number of nitrogens with one attached hydrogen (secondary N) is 1. The summed E-state index contributed by atoms with van der Waals surface area (Å²) in [7, 11) is 0. The van der Waals surface area contributed by atoms with Gasteiger partial charge in [0.25, 0.3) is 5.13 Å². The van der Waals surface area contributed by atoms with Gasteiger partial charge in [0.15, 0.2) is 4.34 Å². The molecule has 0 aliphatic rings. The zero-order valence-electron chi connectivity index (χ0n) is 18.8. The van der Waals surface area contributed by atoms with Gasteiger partial charge in [-0.25, -0.2) is 0 Å². The monoisotopic (exact) mass is 468 g/mol. The molecule has 0 bridgehead atoms. The smallest absolute Gasteiger partial charge is 0.252 e. The van der Waals surface area contributed by atoms with Crippen molar-refractivity contribution >= 4 is 51.2 Å². The molecule has 1 aromatic heterocycles. The molecule has 32 heavy (non-hydrogen) atoms. The highest BCUT2D eigenvalue weighted by Crippen LogP contribution is 2.34. The number of thioether (sulfide) groups is 1. The highest BCUT2D eigenvalue weighted by molar-refractivity contribution is 8.01. The van der Waals surface area contributed by atoms with Crippen LogP contribution >= 0.6 is 23.1 Å². The fourth-order valence-electron chi connectivity index (χ4n) is 3.10. The van der Waals surface area contributed by atoms with Crippen LogP contribution in [0.5, 0.6) is 0 Å². The summed E-state index contributed by atoms with van der Waals surface area (Å²) in [5.41, 5.74) is 3.44. The standard InChI is InChI=1S/C23H28N6OS2/c1-5-16(3)29(15-18-10-8-7-9-11-18)19-12-13-20(21(14-19)24-17(4)30)25-26-22-27-28-23(32-22)31-6-2/h7-14,16H,5-6,15H2,1-4H3,(H,24,30). The maximum absolute atomic E-state index is 11.9. The fourth-order valence-corrected chi connectivity index (χ4v) is 4.66. The van der Waals surface area contributed by atoms with Crippen LogP contribution in [0.4, 0.5) is 22.2 Å². The summed E-state index contributed by atoms with van der Waals surface area (Å²) in [6.07, 6.45) is 0.999. The van der Waals surface area contributed by atoms with Gasteiger partial charge in [-0.05, 0) is 42.9 Å². The molecule has 1 unspecified atom stereocenters.